The molecule has 120 valence electrons. The molecular weight excluding hydrogens is 294 g/mol. The first-order valence-corrected chi connectivity index (χ1v) is 7.66. The van der Waals surface area contributed by atoms with Crippen molar-refractivity contribution in [1.29, 1.82) is 0 Å². The number of hydrogen-bond acceptors (Lipinski definition) is 4. The van der Waals surface area contributed by atoms with Crippen molar-refractivity contribution in [3.05, 3.63) is 45.9 Å². The Labute approximate surface area is 134 Å². The van der Waals surface area contributed by atoms with E-state index in [4.69, 9.17) is 4.74 Å². The fourth-order valence-corrected chi connectivity index (χ4v) is 2.76. The molecule has 0 fully saturated rings. The third-order valence-electron chi connectivity index (χ3n) is 4.09. The van der Waals surface area contributed by atoms with Crippen molar-refractivity contribution in [3.63, 3.8) is 0 Å². The molecule has 3 rings (SSSR count). The summed E-state index contributed by atoms with van der Waals surface area (Å²) in [6.45, 7) is 2.81. The average molecular weight is 313 g/mol. The van der Waals surface area contributed by atoms with E-state index in [-0.39, 0.29) is 11.5 Å². The molecule has 0 saturated heterocycles. The number of nitrogens with one attached hydrogen (secondary N) is 1. The summed E-state index contributed by atoms with van der Waals surface area (Å²) in [7, 11) is 1.60. The van der Waals surface area contributed by atoms with Gasteiger partial charge < -0.3 is 14.6 Å². The maximum absolute atomic E-state index is 12.3. The van der Waals surface area contributed by atoms with Crippen molar-refractivity contribution in [2.45, 2.75) is 26.3 Å². The Balaban J connectivity index is 1.97. The van der Waals surface area contributed by atoms with Crippen molar-refractivity contribution in [1.82, 2.24) is 14.9 Å². The Hall–Kier alpha value is -2.63. The summed E-state index contributed by atoms with van der Waals surface area (Å²) in [4.78, 5) is 33.4. The highest BCUT2D eigenvalue weighted by atomic mass is 16.5. The minimum absolute atomic E-state index is 0.0868. The van der Waals surface area contributed by atoms with Crippen LogP contribution in [0.2, 0.25) is 0 Å². The number of ether oxygens (including phenoxy) is 1. The first-order valence-electron chi connectivity index (χ1n) is 7.66. The Morgan fingerprint density at radius 3 is 2.74 bits per heavy atom. The van der Waals surface area contributed by atoms with E-state index >= 15 is 0 Å². The van der Waals surface area contributed by atoms with Crippen LogP contribution in [-0.2, 0) is 17.8 Å². The number of methoxy groups -OCH3 is 1. The molecule has 2 aromatic rings. The lowest BCUT2D eigenvalue weighted by Crippen LogP contribution is -2.38. The zero-order valence-electron chi connectivity index (χ0n) is 13.3. The van der Waals surface area contributed by atoms with Crippen LogP contribution < -0.4 is 10.3 Å². The lowest BCUT2D eigenvalue weighted by atomic mass is 10.1. The number of rotatable bonds is 3. The van der Waals surface area contributed by atoms with Crippen LogP contribution in [0.4, 0.5) is 0 Å². The standard InChI is InChI=1S/C17H19N3O3/c1-3-15(21)20-9-8-13-14(10-20)18-16(19-17(13)22)11-4-6-12(23-2)7-5-11/h4-7H,3,8-10H2,1-2H3,(H,18,19,22). The minimum atomic E-state index is -0.121. The smallest absolute Gasteiger partial charge is 0.254 e. The SMILES string of the molecule is CCC(=O)N1CCc2c(nc(-c3ccc(OC)cc3)[nH]c2=O)C1. The summed E-state index contributed by atoms with van der Waals surface area (Å²) in [6.07, 6.45) is 1.01. The summed E-state index contributed by atoms with van der Waals surface area (Å²) in [5, 5.41) is 0. The number of benzene rings is 1. The molecule has 1 aliphatic rings. The average Bonchev–Trinajstić information content (AvgIpc) is 2.60. The summed E-state index contributed by atoms with van der Waals surface area (Å²) in [6, 6.07) is 7.34. The fourth-order valence-electron chi connectivity index (χ4n) is 2.76. The molecule has 0 radical (unpaired) electrons. The highest BCUT2D eigenvalue weighted by Crippen LogP contribution is 2.21. The Morgan fingerprint density at radius 2 is 2.09 bits per heavy atom. The quantitative estimate of drug-likeness (QED) is 0.936. The van der Waals surface area contributed by atoms with Crippen LogP contribution in [0.25, 0.3) is 11.4 Å². The van der Waals surface area contributed by atoms with Gasteiger partial charge in [0, 0.05) is 24.1 Å². The van der Waals surface area contributed by atoms with Crippen LogP contribution in [0.15, 0.2) is 29.1 Å². The lowest BCUT2D eigenvalue weighted by Gasteiger charge is -2.27. The number of hydrogen-bond donors (Lipinski definition) is 1. The van der Waals surface area contributed by atoms with Crippen molar-refractivity contribution in [2.24, 2.45) is 0 Å². The van der Waals surface area contributed by atoms with Gasteiger partial charge in [0.05, 0.1) is 19.3 Å². The van der Waals surface area contributed by atoms with E-state index in [1.807, 2.05) is 31.2 Å². The second-order valence-electron chi connectivity index (χ2n) is 5.49. The van der Waals surface area contributed by atoms with E-state index in [1.54, 1.807) is 12.0 Å². The van der Waals surface area contributed by atoms with Gasteiger partial charge in [0.25, 0.3) is 5.56 Å². The molecule has 0 unspecified atom stereocenters. The van der Waals surface area contributed by atoms with E-state index in [1.165, 1.54) is 0 Å². The number of aromatic nitrogens is 2. The van der Waals surface area contributed by atoms with Crippen LogP contribution in [0.5, 0.6) is 5.75 Å². The third-order valence-corrected chi connectivity index (χ3v) is 4.09. The van der Waals surface area contributed by atoms with Crippen LogP contribution in [0, 0.1) is 0 Å². The Morgan fingerprint density at radius 1 is 1.35 bits per heavy atom. The van der Waals surface area contributed by atoms with Crippen LogP contribution >= 0.6 is 0 Å². The highest BCUT2D eigenvalue weighted by Gasteiger charge is 2.23. The van der Waals surface area contributed by atoms with E-state index < -0.39 is 0 Å². The van der Waals surface area contributed by atoms with Crippen LogP contribution in [0.1, 0.15) is 24.6 Å². The fraction of sp³-hybridized carbons (Fsp3) is 0.353. The molecule has 0 bridgehead atoms. The molecule has 6 heteroatoms. The van der Waals surface area contributed by atoms with Gasteiger partial charge in [0.1, 0.15) is 11.6 Å². The topological polar surface area (TPSA) is 75.3 Å². The van der Waals surface area contributed by atoms with Gasteiger partial charge in [-0.2, -0.15) is 0 Å². The lowest BCUT2D eigenvalue weighted by molar-refractivity contribution is -0.131. The van der Waals surface area contributed by atoms with E-state index in [2.05, 4.69) is 9.97 Å². The molecule has 23 heavy (non-hydrogen) atoms. The van der Waals surface area contributed by atoms with Crippen molar-refractivity contribution >= 4 is 5.91 Å². The molecule has 0 aliphatic carbocycles. The third kappa shape index (κ3) is 2.97. The molecule has 0 saturated carbocycles. The molecule has 1 aromatic carbocycles. The number of nitrogens with zero attached hydrogens (tertiary/aromatic N) is 2. The zero-order valence-corrected chi connectivity index (χ0v) is 13.3. The van der Waals surface area contributed by atoms with Gasteiger partial charge in [-0.3, -0.25) is 9.59 Å². The van der Waals surface area contributed by atoms with Crippen molar-refractivity contribution in [3.8, 4) is 17.1 Å². The van der Waals surface area contributed by atoms with Gasteiger partial charge in [-0.15, -0.1) is 0 Å². The molecule has 0 atom stereocenters. The number of amides is 1. The number of H-pyrrole nitrogens is 1. The summed E-state index contributed by atoms with van der Waals surface area (Å²) >= 11 is 0. The molecule has 6 nitrogen and oxygen atoms in total. The maximum atomic E-state index is 12.3. The molecule has 1 amide bonds. The minimum Gasteiger partial charge on any atom is -0.497 e. The number of carbonyl (C=O) groups is 1. The molecule has 0 spiro atoms. The second kappa shape index (κ2) is 6.24. The normalized spacial score (nSPS) is 13.6. The summed E-state index contributed by atoms with van der Waals surface area (Å²) < 4.78 is 5.14. The Kier molecular flexibility index (Phi) is 4.14. The highest BCUT2D eigenvalue weighted by molar-refractivity contribution is 5.76. The first kappa shape index (κ1) is 15.3. The second-order valence-corrected chi connectivity index (χ2v) is 5.49. The van der Waals surface area contributed by atoms with E-state index in [9.17, 15) is 9.59 Å². The van der Waals surface area contributed by atoms with Gasteiger partial charge >= 0.3 is 0 Å². The predicted molar refractivity (Wildman–Crippen MR) is 86.3 cm³/mol. The number of carbonyl (C=O) groups excluding carboxylic acids is 1. The van der Waals surface area contributed by atoms with Crippen molar-refractivity contribution < 1.29 is 9.53 Å². The molecule has 1 N–H and O–H groups in total. The number of aromatic amines is 1. The summed E-state index contributed by atoms with van der Waals surface area (Å²) in [5.74, 6) is 1.35. The molecule has 1 aromatic heterocycles. The van der Waals surface area contributed by atoms with Gasteiger partial charge in [-0.25, -0.2) is 4.98 Å². The monoisotopic (exact) mass is 313 g/mol. The van der Waals surface area contributed by atoms with Gasteiger partial charge in [-0.05, 0) is 30.7 Å². The van der Waals surface area contributed by atoms with Gasteiger partial charge in [0.15, 0.2) is 0 Å². The molecule has 2 heterocycles. The Bertz CT molecular complexity index is 781. The van der Waals surface area contributed by atoms with Crippen LogP contribution in [-0.4, -0.2) is 34.4 Å². The van der Waals surface area contributed by atoms with Crippen molar-refractivity contribution in [2.75, 3.05) is 13.7 Å². The largest absolute Gasteiger partial charge is 0.497 e. The molecular formula is C17H19N3O3. The maximum Gasteiger partial charge on any atom is 0.254 e. The first-order chi connectivity index (χ1) is 11.1. The van der Waals surface area contributed by atoms with E-state index in [0.29, 0.717) is 43.0 Å². The van der Waals surface area contributed by atoms with E-state index in [0.717, 1.165) is 11.3 Å². The van der Waals surface area contributed by atoms with Crippen LogP contribution in [0.3, 0.4) is 0 Å². The summed E-state index contributed by atoms with van der Waals surface area (Å²) in [5.41, 5.74) is 2.06. The van der Waals surface area contributed by atoms with Gasteiger partial charge in [-0.1, -0.05) is 6.92 Å². The molecule has 1 aliphatic heterocycles. The van der Waals surface area contributed by atoms with Gasteiger partial charge in [0.2, 0.25) is 5.91 Å². The number of fused-ring (bicyclic) bond motifs is 1. The zero-order chi connectivity index (χ0) is 16.4. The predicted octanol–water partition coefficient (Wildman–Crippen LogP) is 1.74.